The first-order chi connectivity index (χ1) is 17.2. The van der Waals surface area contributed by atoms with Gasteiger partial charge in [-0.05, 0) is 62.3 Å². The molecule has 1 amide bonds. The summed E-state index contributed by atoms with van der Waals surface area (Å²) in [5.74, 6) is 1.69. The van der Waals surface area contributed by atoms with Gasteiger partial charge in [-0.3, -0.25) is 4.79 Å². The summed E-state index contributed by atoms with van der Waals surface area (Å²) in [6, 6.07) is 11.4. The molecule has 3 fully saturated rings. The first-order valence-electron chi connectivity index (χ1n) is 13.9. The summed E-state index contributed by atoms with van der Waals surface area (Å²) in [5.41, 5.74) is 2.62. The van der Waals surface area contributed by atoms with Gasteiger partial charge in [-0.15, -0.1) is 11.3 Å². The summed E-state index contributed by atoms with van der Waals surface area (Å²) in [4.78, 5) is 23.1. The van der Waals surface area contributed by atoms with Crippen molar-refractivity contribution in [2.75, 3.05) is 32.0 Å². The molecular weight excluding hydrogens is 452 g/mol. The van der Waals surface area contributed by atoms with Crippen molar-refractivity contribution in [1.82, 2.24) is 15.2 Å². The SMILES string of the molecule is CNc1nc2c(s1)[C@]1(CCC2)CNC[C@H]1C(=O)N1CC[C@@H](c2ccccc2)C[C@H]1C1CCCCC1. The average Bonchev–Trinajstić information content (AvgIpc) is 3.54. The topological polar surface area (TPSA) is 57.3 Å². The van der Waals surface area contributed by atoms with Crippen LogP contribution in [0.25, 0.3) is 0 Å². The van der Waals surface area contributed by atoms with E-state index in [4.69, 9.17) is 4.98 Å². The monoisotopic (exact) mass is 492 g/mol. The third-order valence-electron chi connectivity index (χ3n) is 9.55. The minimum Gasteiger partial charge on any atom is -0.365 e. The number of carbonyl (C=O) groups is 1. The predicted molar refractivity (Wildman–Crippen MR) is 143 cm³/mol. The quantitative estimate of drug-likeness (QED) is 0.605. The Bertz CT molecular complexity index is 1030. The van der Waals surface area contributed by atoms with E-state index in [2.05, 4.69) is 45.9 Å². The molecule has 2 aromatic rings. The van der Waals surface area contributed by atoms with E-state index >= 15 is 0 Å². The van der Waals surface area contributed by atoms with Gasteiger partial charge >= 0.3 is 0 Å². The Morgan fingerprint density at radius 1 is 1.14 bits per heavy atom. The van der Waals surface area contributed by atoms with Gasteiger partial charge in [-0.25, -0.2) is 4.98 Å². The third kappa shape index (κ3) is 4.21. The molecule has 2 aliphatic heterocycles. The summed E-state index contributed by atoms with van der Waals surface area (Å²) in [6.45, 7) is 2.63. The molecule has 188 valence electrons. The Kier molecular flexibility index (Phi) is 6.61. The van der Waals surface area contributed by atoms with Crippen LogP contribution in [0.1, 0.15) is 79.8 Å². The zero-order valence-electron chi connectivity index (χ0n) is 21.1. The average molecular weight is 493 g/mol. The van der Waals surface area contributed by atoms with Crippen molar-refractivity contribution in [3.8, 4) is 0 Å². The number of rotatable bonds is 4. The van der Waals surface area contributed by atoms with Gasteiger partial charge in [0.2, 0.25) is 5.91 Å². The highest BCUT2D eigenvalue weighted by Gasteiger charge is 2.53. The van der Waals surface area contributed by atoms with Crippen molar-refractivity contribution < 1.29 is 4.79 Å². The number of nitrogens with one attached hydrogen (secondary N) is 2. The summed E-state index contributed by atoms with van der Waals surface area (Å²) in [6.07, 6.45) is 12.1. The van der Waals surface area contributed by atoms with Gasteiger partial charge in [0.1, 0.15) is 0 Å². The minimum absolute atomic E-state index is 0.0334. The van der Waals surface area contributed by atoms with Crippen LogP contribution in [0.3, 0.4) is 0 Å². The lowest BCUT2D eigenvalue weighted by Gasteiger charge is -2.47. The molecule has 0 unspecified atom stereocenters. The van der Waals surface area contributed by atoms with Crippen LogP contribution in [0.4, 0.5) is 5.13 Å². The van der Waals surface area contributed by atoms with Crippen molar-refractivity contribution in [3.63, 3.8) is 0 Å². The normalized spacial score (nSPS) is 31.5. The van der Waals surface area contributed by atoms with E-state index in [9.17, 15) is 4.79 Å². The molecule has 35 heavy (non-hydrogen) atoms. The van der Waals surface area contributed by atoms with E-state index in [0.29, 0.717) is 23.8 Å². The number of piperidine rings is 1. The number of anilines is 1. The number of carbonyl (C=O) groups excluding carboxylic acids is 1. The minimum atomic E-state index is -0.0785. The second-order valence-corrected chi connectivity index (χ2v) is 12.4. The van der Waals surface area contributed by atoms with Crippen LogP contribution >= 0.6 is 11.3 Å². The maximum absolute atomic E-state index is 14.5. The van der Waals surface area contributed by atoms with Gasteiger partial charge in [0.15, 0.2) is 5.13 Å². The standard InChI is InChI=1S/C29H40N4OS/c1-30-28-32-24-13-8-15-29(26(24)35-28)19-31-18-23(29)27(34)33-16-14-22(20-9-4-2-5-10-20)17-25(33)21-11-6-3-7-12-21/h2,4-5,9-10,21-23,25,31H,3,6-8,11-19H2,1H3,(H,30,32)/t22-,23+,25+,29-/m1/s1. The molecule has 1 saturated carbocycles. The maximum atomic E-state index is 14.5. The Hall–Kier alpha value is -1.92. The van der Waals surface area contributed by atoms with Gasteiger partial charge in [-0.1, -0.05) is 49.6 Å². The van der Waals surface area contributed by atoms with Crippen molar-refractivity contribution in [2.45, 2.75) is 81.6 Å². The van der Waals surface area contributed by atoms with Crippen LogP contribution in [-0.2, 0) is 16.6 Å². The van der Waals surface area contributed by atoms with Gasteiger partial charge in [0, 0.05) is 43.0 Å². The van der Waals surface area contributed by atoms with E-state index < -0.39 is 0 Å². The van der Waals surface area contributed by atoms with Crippen LogP contribution in [0, 0.1) is 11.8 Å². The number of thiazole rings is 1. The molecule has 0 bridgehead atoms. The number of hydrogen-bond acceptors (Lipinski definition) is 5. The molecule has 4 aliphatic rings. The lowest BCUT2D eigenvalue weighted by Crippen LogP contribution is -2.55. The number of aromatic nitrogens is 1. The second kappa shape index (κ2) is 9.85. The lowest BCUT2D eigenvalue weighted by molar-refractivity contribution is -0.143. The number of likely N-dealkylation sites (tertiary alicyclic amines) is 1. The number of aryl methyl sites for hydroxylation is 1. The highest BCUT2D eigenvalue weighted by atomic mass is 32.1. The Morgan fingerprint density at radius 3 is 2.77 bits per heavy atom. The molecule has 2 saturated heterocycles. The molecular formula is C29H40N4OS. The van der Waals surface area contributed by atoms with Crippen molar-refractivity contribution in [1.29, 1.82) is 0 Å². The predicted octanol–water partition coefficient (Wildman–Crippen LogP) is 5.33. The Morgan fingerprint density at radius 2 is 1.97 bits per heavy atom. The van der Waals surface area contributed by atoms with E-state index in [-0.39, 0.29) is 11.3 Å². The first-order valence-corrected chi connectivity index (χ1v) is 14.8. The summed E-state index contributed by atoms with van der Waals surface area (Å²) < 4.78 is 0. The smallest absolute Gasteiger partial charge is 0.228 e. The fraction of sp³-hybridized carbons (Fsp3) is 0.655. The van der Waals surface area contributed by atoms with Crippen molar-refractivity contribution >= 4 is 22.4 Å². The summed E-state index contributed by atoms with van der Waals surface area (Å²) in [5, 5.41) is 7.92. The molecule has 5 nitrogen and oxygen atoms in total. The molecule has 1 aromatic carbocycles. The zero-order chi connectivity index (χ0) is 23.8. The molecule has 3 heterocycles. The second-order valence-electron chi connectivity index (χ2n) is 11.4. The first kappa shape index (κ1) is 23.5. The number of nitrogens with zero attached hydrogens (tertiary/aromatic N) is 2. The van der Waals surface area contributed by atoms with Crippen LogP contribution in [-0.4, -0.2) is 48.5 Å². The molecule has 1 spiro atoms. The molecule has 0 radical (unpaired) electrons. The van der Waals surface area contributed by atoms with Gasteiger partial charge in [0.25, 0.3) is 0 Å². The number of benzene rings is 1. The summed E-state index contributed by atoms with van der Waals surface area (Å²) in [7, 11) is 1.96. The van der Waals surface area contributed by atoms with Gasteiger partial charge in [-0.2, -0.15) is 0 Å². The van der Waals surface area contributed by atoms with E-state index in [1.807, 2.05) is 7.05 Å². The van der Waals surface area contributed by atoms with Crippen LogP contribution < -0.4 is 10.6 Å². The highest BCUT2D eigenvalue weighted by Crippen LogP contribution is 2.50. The third-order valence-corrected chi connectivity index (χ3v) is 10.9. The molecule has 2 N–H and O–H groups in total. The van der Waals surface area contributed by atoms with Gasteiger partial charge in [0.05, 0.1) is 11.6 Å². The Labute approximate surface area is 214 Å². The van der Waals surface area contributed by atoms with E-state index in [1.54, 1.807) is 11.3 Å². The number of fused-ring (bicyclic) bond motifs is 2. The van der Waals surface area contributed by atoms with Crippen LogP contribution in [0.2, 0.25) is 0 Å². The number of hydrogen-bond donors (Lipinski definition) is 2. The maximum Gasteiger partial charge on any atom is 0.228 e. The van der Waals surface area contributed by atoms with Crippen molar-refractivity contribution in [3.05, 3.63) is 46.5 Å². The van der Waals surface area contributed by atoms with E-state index in [1.165, 1.54) is 48.2 Å². The highest BCUT2D eigenvalue weighted by molar-refractivity contribution is 7.15. The van der Waals surface area contributed by atoms with Crippen molar-refractivity contribution in [2.24, 2.45) is 11.8 Å². The fourth-order valence-corrected chi connectivity index (χ4v) is 8.99. The summed E-state index contributed by atoms with van der Waals surface area (Å²) >= 11 is 1.79. The largest absolute Gasteiger partial charge is 0.365 e. The lowest BCUT2D eigenvalue weighted by atomic mass is 9.68. The fourth-order valence-electron chi connectivity index (χ4n) is 7.75. The molecule has 6 rings (SSSR count). The molecule has 1 aromatic heterocycles. The van der Waals surface area contributed by atoms with E-state index in [0.717, 1.165) is 56.9 Å². The van der Waals surface area contributed by atoms with Crippen LogP contribution in [0.15, 0.2) is 30.3 Å². The van der Waals surface area contributed by atoms with Gasteiger partial charge < -0.3 is 15.5 Å². The number of amides is 1. The molecule has 2 aliphatic carbocycles. The molecule has 4 atom stereocenters. The Balaban J connectivity index is 1.30. The van der Waals surface area contributed by atoms with Crippen LogP contribution in [0.5, 0.6) is 0 Å². The molecule has 6 heteroatoms. The zero-order valence-corrected chi connectivity index (χ0v) is 21.9.